The molecule has 166 valence electrons. The molecule has 1 aliphatic carbocycles. The molecular weight excluding hydrogens is 410 g/mol. The fraction of sp³-hybridized carbons (Fsp3) is 0.458. The molecule has 0 bridgehead atoms. The van der Waals surface area contributed by atoms with E-state index in [9.17, 15) is 22.8 Å². The fourth-order valence-electron chi connectivity index (χ4n) is 4.50. The Bertz CT molecular complexity index is 919. The highest BCUT2D eigenvalue weighted by Gasteiger charge is 2.29. The van der Waals surface area contributed by atoms with Gasteiger partial charge in [0.05, 0.1) is 5.56 Å². The van der Waals surface area contributed by atoms with Gasteiger partial charge in [-0.15, -0.1) is 0 Å². The first-order valence-electron chi connectivity index (χ1n) is 10.6. The normalized spacial score (nSPS) is 19.8. The highest BCUT2D eigenvalue weighted by Crippen LogP contribution is 2.40. The van der Waals surface area contributed by atoms with Crippen molar-refractivity contribution >= 4 is 0 Å². The van der Waals surface area contributed by atoms with Crippen molar-refractivity contribution in [3.05, 3.63) is 69.8 Å². The second-order valence-electron chi connectivity index (χ2n) is 8.21. The first-order valence-corrected chi connectivity index (χ1v) is 10.6. The molecule has 0 saturated heterocycles. The molecular formula is C24H25F4NO2. The Morgan fingerprint density at radius 1 is 1.00 bits per heavy atom. The van der Waals surface area contributed by atoms with E-state index in [4.69, 9.17) is 5.26 Å². The highest BCUT2D eigenvalue weighted by atomic mass is 19.1. The van der Waals surface area contributed by atoms with Crippen LogP contribution in [0.5, 0.6) is 0 Å². The van der Waals surface area contributed by atoms with Crippen LogP contribution in [0.3, 0.4) is 0 Å². The summed E-state index contributed by atoms with van der Waals surface area (Å²) in [5, 5.41) is 18.0. The quantitative estimate of drug-likeness (QED) is 0.285. The van der Waals surface area contributed by atoms with Gasteiger partial charge in [0.15, 0.2) is 0 Å². The van der Waals surface area contributed by atoms with Crippen LogP contribution in [0.15, 0.2) is 24.3 Å². The third kappa shape index (κ3) is 5.08. The van der Waals surface area contributed by atoms with E-state index in [2.05, 4.69) is 11.8 Å². The Labute approximate surface area is 179 Å². The molecule has 1 fully saturated rings. The topological polar surface area (TPSA) is 53.2 Å². The average molecular weight is 435 g/mol. The zero-order valence-electron chi connectivity index (χ0n) is 17.3. The van der Waals surface area contributed by atoms with Gasteiger partial charge in [-0.2, -0.15) is 5.26 Å². The lowest BCUT2D eigenvalue weighted by molar-refractivity contribution is -0.271. The third-order valence-corrected chi connectivity index (χ3v) is 6.23. The number of nitriles is 1. The predicted molar refractivity (Wildman–Crippen MR) is 107 cm³/mol. The minimum atomic E-state index is -1.78. The van der Waals surface area contributed by atoms with Crippen LogP contribution in [0, 0.1) is 40.5 Å². The van der Waals surface area contributed by atoms with E-state index in [1.807, 2.05) is 0 Å². The number of hydrogen-bond donors (Lipinski definition) is 1. The first kappa shape index (κ1) is 23.2. The number of halogens is 4. The standard InChI is InChI=1S/C24H25F4NO2/c1-2-3-4-14-5-7-15(8-6-14)16-9-21(27)23(22(28)10-16)24(31-30)17-11-19(25)18(13-29)20(26)12-17/h9-12,14-15,24,30H,2-8H2,1H3. The van der Waals surface area contributed by atoms with Crippen molar-refractivity contribution in [1.82, 2.24) is 0 Å². The Kier molecular flexibility index (Phi) is 7.69. The number of benzene rings is 2. The average Bonchev–Trinajstić information content (AvgIpc) is 2.74. The smallest absolute Gasteiger partial charge is 0.149 e. The van der Waals surface area contributed by atoms with Crippen molar-refractivity contribution < 1.29 is 27.7 Å². The summed E-state index contributed by atoms with van der Waals surface area (Å²) in [4.78, 5) is 4.21. The molecule has 1 unspecified atom stereocenters. The molecule has 2 aromatic carbocycles. The lowest BCUT2D eigenvalue weighted by Crippen LogP contribution is -2.15. The van der Waals surface area contributed by atoms with Gasteiger partial charge >= 0.3 is 0 Å². The van der Waals surface area contributed by atoms with Gasteiger partial charge in [0.1, 0.15) is 41.0 Å². The van der Waals surface area contributed by atoms with Crippen molar-refractivity contribution in [2.75, 3.05) is 0 Å². The van der Waals surface area contributed by atoms with E-state index >= 15 is 0 Å². The molecule has 0 aliphatic heterocycles. The Balaban J connectivity index is 1.86. The Morgan fingerprint density at radius 2 is 1.58 bits per heavy atom. The summed E-state index contributed by atoms with van der Waals surface area (Å²) in [5.74, 6) is -3.67. The number of nitrogens with zero attached hydrogens (tertiary/aromatic N) is 1. The number of hydrogen-bond acceptors (Lipinski definition) is 3. The monoisotopic (exact) mass is 435 g/mol. The van der Waals surface area contributed by atoms with Gasteiger partial charge in [-0.1, -0.05) is 26.2 Å². The summed E-state index contributed by atoms with van der Waals surface area (Å²) in [6.45, 7) is 2.16. The predicted octanol–water partition coefficient (Wildman–Crippen LogP) is 7.16. The molecule has 3 rings (SSSR count). The van der Waals surface area contributed by atoms with Crippen LogP contribution >= 0.6 is 0 Å². The largest absolute Gasteiger partial charge is 0.251 e. The molecule has 2 aromatic rings. The van der Waals surface area contributed by atoms with Gasteiger partial charge in [0.2, 0.25) is 0 Å². The lowest BCUT2D eigenvalue weighted by atomic mass is 9.77. The maximum absolute atomic E-state index is 14.9. The van der Waals surface area contributed by atoms with Crippen LogP contribution in [-0.4, -0.2) is 5.26 Å². The van der Waals surface area contributed by atoms with Crippen LogP contribution in [0.25, 0.3) is 0 Å². The molecule has 0 aromatic heterocycles. The second-order valence-corrected chi connectivity index (χ2v) is 8.21. The Hall–Kier alpha value is -2.43. The maximum Gasteiger partial charge on any atom is 0.149 e. The first-order chi connectivity index (χ1) is 14.9. The third-order valence-electron chi connectivity index (χ3n) is 6.23. The maximum atomic E-state index is 14.9. The molecule has 3 nitrogen and oxygen atoms in total. The molecule has 1 N–H and O–H groups in total. The zero-order chi connectivity index (χ0) is 22.5. The summed E-state index contributed by atoms with van der Waals surface area (Å²) in [7, 11) is 0. The summed E-state index contributed by atoms with van der Waals surface area (Å²) in [6, 6.07) is 5.21. The van der Waals surface area contributed by atoms with Gasteiger partial charge in [-0.3, -0.25) is 5.26 Å². The molecule has 7 heteroatoms. The highest BCUT2D eigenvalue weighted by molar-refractivity contribution is 5.40. The van der Waals surface area contributed by atoms with Gasteiger partial charge < -0.3 is 0 Å². The van der Waals surface area contributed by atoms with Crippen molar-refractivity contribution in [2.24, 2.45) is 5.92 Å². The molecule has 1 aliphatic rings. The van der Waals surface area contributed by atoms with Gasteiger partial charge in [-0.05, 0) is 72.9 Å². The number of rotatable bonds is 7. The molecule has 0 amide bonds. The SMILES string of the molecule is CCCCC1CCC(c2cc(F)c(C(OO)c3cc(F)c(C#N)c(F)c3)c(F)c2)CC1. The van der Waals surface area contributed by atoms with Crippen molar-refractivity contribution in [3.8, 4) is 6.07 Å². The van der Waals surface area contributed by atoms with Crippen LogP contribution < -0.4 is 0 Å². The van der Waals surface area contributed by atoms with E-state index in [-0.39, 0.29) is 11.5 Å². The van der Waals surface area contributed by atoms with Gasteiger partial charge in [-0.25, -0.2) is 22.4 Å². The second kappa shape index (κ2) is 10.3. The van der Waals surface area contributed by atoms with Crippen molar-refractivity contribution in [2.45, 2.75) is 63.9 Å². The minimum absolute atomic E-state index is 0.0363. The van der Waals surface area contributed by atoms with Crippen LogP contribution in [0.4, 0.5) is 17.6 Å². The molecule has 0 radical (unpaired) electrons. The van der Waals surface area contributed by atoms with Crippen molar-refractivity contribution in [1.29, 1.82) is 5.26 Å². The van der Waals surface area contributed by atoms with Crippen molar-refractivity contribution in [3.63, 3.8) is 0 Å². The van der Waals surface area contributed by atoms with Crippen LogP contribution in [0.2, 0.25) is 0 Å². The molecule has 0 spiro atoms. The van der Waals surface area contributed by atoms with E-state index in [0.29, 0.717) is 23.6 Å². The summed E-state index contributed by atoms with van der Waals surface area (Å²) in [5.41, 5.74) is -1.29. The Morgan fingerprint density at radius 3 is 2.06 bits per heavy atom. The van der Waals surface area contributed by atoms with Crippen LogP contribution in [0.1, 0.15) is 86.1 Å². The number of unbranched alkanes of at least 4 members (excludes halogenated alkanes) is 1. The summed E-state index contributed by atoms with van der Waals surface area (Å²) < 4.78 is 57.7. The molecule has 0 heterocycles. The lowest BCUT2D eigenvalue weighted by Gasteiger charge is -2.29. The van der Waals surface area contributed by atoms with E-state index < -0.39 is 40.5 Å². The summed E-state index contributed by atoms with van der Waals surface area (Å²) >= 11 is 0. The minimum Gasteiger partial charge on any atom is -0.251 e. The van der Waals surface area contributed by atoms with Gasteiger partial charge in [0, 0.05) is 0 Å². The molecule has 1 atom stereocenters. The van der Waals surface area contributed by atoms with Gasteiger partial charge in [0.25, 0.3) is 0 Å². The van der Waals surface area contributed by atoms with E-state index in [0.717, 1.165) is 32.1 Å². The summed E-state index contributed by atoms with van der Waals surface area (Å²) in [6.07, 6.45) is 5.46. The zero-order valence-corrected chi connectivity index (χ0v) is 17.3. The fourth-order valence-corrected chi connectivity index (χ4v) is 4.50. The van der Waals surface area contributed by atoms with E-state index in [1.54, 1.807) is 0 Å². The molecule has 1 saturated carbocycles. The van der Waals surface area contributed by atoms with E-state index in [1.165, 1.54) is 31.0 Å². The molecule has 31 heavy (non-hydrogen) atoms. The van der Waals surface area contributed by atoms with Crippen LogP contribution in [-0.2, 0) is 4.89 Å².